The number of esters is 1. The van der Waals surface area contributed by atoms with Crippen LogP contribution in [0.15, 0.2) is 23.4 Å². The summed E-state index contributed by atoms with van der Waals surface area (Å²) in [4.78, 5) is 24.2. The van der Waals surface area contributed by atoms with Gasteiger partial charge in [0.05, 0.1) is 20.0 Å². The Hall–Kier alpha value is -2.62. The van der Waals surface area contributed by atoms with E-state index >= 15 is 0 Å². The van der Waals surface area contributed by atoms with Crippen LogP contribution in [0.5, 0.6) is 5.75 Å². The topological polar surface area (TPSA) is 108 Å². The Kier molecular flexibility index (Phi) is 7.80. The van der Waals surface area contributed by atoms with Crippen molar-refractivity contribution >= 4 is 23.6 Å². The molecular weight excluding hydrogens is 382 g/mol. The molecule has 2 aromatic rings. The zero-order valence-corrected chi connectivity index (χ0v) is 17.4. The lowest BCUT2D eigenvalue weighted by atomic mass is 10.0. The van der Waals surface area contributed by atoms with Crippen LogP contribution in [0.1, 0.15) is 25.8 Å². The van der Waals surface area contributed by atoms with Crippen molar-refractivity contribution in [2.45, 2.75) is 38.4 Å². The van der Waals surface area contributed by atoms with Crippen LogP contribution in [0.4, 0.5) is 0 Å². The fraction of sp³-hybridized carbons (Fsp3) is 0.500. The number of nitrogens with one attached hydrogen (secondary N) is 1. The van der Waals surface area contributed by atoms with Crippen molar-refractivity contribution < 1.29 is 19.1 Å². The lowest BCUT2D eigenvalue weighted by Crippen LogP contribution is -2.43. The minimum atomic E-state index is -0.675. The van der Waals surface area contributed by atoms with E-state index in [0.29, 0.717) is 23.0 Å². The highest BCUT2D eigenvalue weighted by molar-refractivity contribution is 7.99. The molecule has 0 saturated carbocycles. The van der Waals surface area contributed by atoms with Gasteiger partial charge in [0, 0.05) is 0 Å². The Labute approximate surface area is 168 Å². The molecule has 0 aliphatic rings. The number of amides is 1. The Balaban J connectivity index is 2.08. The molecule has 2 rings (SSSR count). The van der Waals surface area contributed by atoms with Gasteiger partial charge in [-0.3, -0.25) is 4.79 Å². The van der Waals surface area contributed by atoms with E-state index < -0.39 is 12.0 Å². The van der Waals surface area contributed by atoms with Crippen molar-refractivity contribution in [3.8, 4) is 11.4 Å². The van der Waals surface area contributed by atoms with E-state index in [-0.39, 0.29) is 17.6 Å². The Morgan fingerprint density at radius 1 is 1.29 bits per heavy atom. The third-order valence-electron chi connectivity index (χ3n) is 3.86. The summed E-state index contributed by atoms with van der Waals surface area (Å²) in [5, 5.41) is 14.9. The predicted octanol–water partition coefficient (Wildman–Crippen LogP) is 1.78. The van der Waals surface area contributed by atoms with Crippen LogP contribution >= 0.6 is 11.8 Å². The summed E-state index contributed by atoms with van der Waals surface area (Å²) in [7, 11) is 2.88. The Bertz CT molecular complexity index is 824. The smallest absolute Gasteiger partial charge is 0.328 e. The zero-order chi connectivity index (χ0) is 20.7. The minimum Gasteiger partial charge on any atom is -0.494 e. The summed E-state index contributed by atoms with van der Waals surface area (Å²) in [6.45, 7) is 5.90. The van der Waals surface area contributed by atoms with Crippen LogP contribution in [0.2, 0.25) is 0 Å². The van der Waals surface area contributed by atoms with Crippen LogP contribution in [-0.2, 0) is 14.3 Å². The molecule has 10 heteroatoms. The van der Waals surface area contributed by atoms with Gasteiger partial charge in [0.1, 0.15) is 17.5 Å². The van der Waals surface area contributed by atoms with Crippen molar-refractivity contribution in [1.82, 2.24) is 25.5 Å². The SMILES string of the molecule is COC(=O)[C@@H](CC(C)C)NC(=O)CSc1nnnn1-c1cc(C)ccc1OC. The zero-order valence-electron chi connectivity index (χ0n) is 16.6. The normalized spacial score (nSPS) is 11.9. The first-order chi connectivity index (χ1) is 13.3. The highest BCUT2D eigenvalue weighted by Gasteiger charge is 2.23. The average Bonchev–Trinajstić information content (AvgIpc) is 3.13. The number of tetrazole rings is 1. The van der Waals surface area contributed by atoms with Crippen molar-refractivity contribution in [2.24, 2.45) is 5.92 Å². The maximum Gasteiger partial charge on any atom is 0.328 e. The lowest BCUT2D eigenvalue weighted by Gasteiger charge is -2.18. The minimum absolute atomic E-state index is 0.0556. The van der Waals surface area contributed by atoms with E-state index in [0.717, 1.165) is 5.56 Å². The number of aryl methyl sites for hydroxylation is 1. The van der Waals surface area contributed by atoms with Gasteiger partial charge >= 0.3 is 5.97 Å². The van der Waals surface area contributed by atoms with Crippen molar-refractivity contribution in [3.05, 3.63) is 23.8 Å². The van der Waals surface area contributed by atoms with Crippen LogP contribution < -0.4 is 10.1 Å². The third kappa shape index (κ3) is 5.69. The standard InChI is InChI=1S/C18H25N5O4S/c1-11(2)8-13(17(25)27-5)19-16(24)10-28-18-20-21-22-23(18)14-9-12(3)6-7-15(14)26-4/h6-7,9,11,13H,8,10H2,1-5H3,(H,19,24)/t13-/m1/s1. The second kappa shape index (κ2) is 10.1. The molecular formula is C18H25N5O4S. The number of hydrogen-bond acceptors (Lipinski definition) is 8. The summed E-state index contributed by atoms with van der Waals surface area (Å²) in [6, 6.07) is 4.98. The summed E-state index contributed by atoms with van der Waals surface area (Å²) in [5.74, 6) is 0.151. The Morgan fingerprint density at radius 2 is 2.04 bits per heavy atom. The molecule has 0 radical (unpaired) electrons. The van der Waals surface area contributed by atoms with E-state index in [2.05, 4.69) is 20.8 Å². The quantitative estimate of drug-likeness (QED) is 0.495. The van der Waals surface area contributed by atoms with Gasteiger partial charge in [-0.1, -0.05) is 31.7 Å². The second-order valence-electron chi connectivity index (χ2n) is 6.61. The van der Waals surface area contributed by atoms with Crippen LogP contribution in [0.25, 0.3) is 5.69 Å². The molecule has 1 N–H and O–H groups in total. The molecule has 1 aromatic carbocycles. The molecule has 0 fully saturated rings. The third-order valence-corrected chi connectivity index (χ3v) is 4.78. The molecule has 0 aliphatic heterocycles. The molecule has 1 amide bonds. The van der Waals surface area contributed by atoms with Crippen LogP contribution in [-0.4, -0.2) is 58.1 Å². The summed E-state index contributed by atoms with van der Waals surface area (Å²) >= 11 is 1.17. The molecule has 0 saturated heterocycles. The van der Waals surface area contributed by atoms with E-state index in [1.807, 2.05) is 39.0 Å². The van der Waals surface area contributed by atoms with E-state index in [1.54, 1.807) is 7.11 Å². The first-order valence-electron chi connectivity index (χ1n) is 8.79. The van der Waals surface area contributed by atoms with E-state index in [1.165, 1.54) is 23.6 Å². The fourth-order valence-corrected chi connectivity index (χ4v) is 3.27. The van der Waals surface area contributed by atoms with E-state index in [4.69, 9.17) is 9.47 Å². The molecule has 152 valence electrons. The van der Waals surface area contributed by atoms with Crippen LogP contribution in [0, 0.1) is 12.8 Å². The van der Waals surface area contributed by atoms with E-state index in [9.17, 15) is 9.59 Å². The van der Waals surface area contributed by atoms with Gasteiger partial charge < -0.3 is 14.8 Å². The first-order valence-corrected chi connectivity index (χ1v) is 9.77. The van der Waals surface area contributed by atoms with Gasteiger partial charge in [-0.2, -0.15) is 4.68 Å². The lowest BCUT2D eigenvalue weighted by molar-refractivity contribution is -0.145. The van der Waals surface area contributed by atoms with Gasteiger partial charge in [0.25, 0.3) is 0 Å². The highest BCUT2D eigenvalue weighted by Crippen LogP contribution is 2.26. The number of carbonyl (C=O) groups is 2. The van der Waals surface area contributed by atoms with Gasteiger partial charge in [-0.25, -0.2) is 4.79 Å². The Morgan fingerprint density at radius 3 is 2.68 bits per heavy atom. The highest BCUT2D eigenvalue weighted by atomic mass is 32.2. The number of aromatic nitrogens is 4. The molecule has 9 nitrogen and oxygen atoms in total. The molecule has 0 aliphatic carbocycles. The molecule has 1 atom stereocenters. The molecule has 28 heavy (non-hydrogen) atoms. The molecule has 0 unspecified atom stereocenters. The maximum absolute atomic E-state index is 12.3. The molecule has 1 heterocycles. The number of benzene rings is 1. The molecule has 0 spiro atoms. The summed E-state index contributed by atoms with van der Waals surface area (Å²) in [5.41, 5.74) is 1.71. The number of thioether (sulfide) groups is 1. The van der Waals surface area contributed by atoms with Gasteiger partial charge in [0.2, 0.25) is 11.1 Å². The fourth-order valence-electron chi connectivity index (χ4n) is 2.58. The summed E-state index contributed by atoms with van der Waals surface area (Å²) < 4.78 is 11.7. The number of hydrogen-bond donors (Lipinski definition) is 1. The van der Waals surface area contributed by atoms with Crippen molar-refractivity contribution in [1.29, 1.82) is 0 Å². The van der Waals surface area contributed by atoms with Crippen molar-refractivity contribution in [2.75, 3.05) is 20.0 Å². The van der Waals surface area contributed by atoms with Crippen molar-refractivity contribution in [3.63, 3.8) is 0 Å². The number of ether oxygens (including phenoxy) is 2. The monoisotopic (exact) mass is 407 g/mol. The number of rotatable bonds is 9. The number of carbonyl (C=O) groups excluding carboxylic acids is 2. The maximum atomic E-state index is 12.3. The first kappa shape index (κ1) is 21.7. The number of methoxy groups -OCH3 is 2. The average molecular weight is 407 g/mol. The molecule has 1 aromatic heterocycles. The van der Waals surface area contributed by atoms with Gasteiger partial charge in [0.15, 0.2) is 0 Å². The summed E-state index contributed by atoms with van der Waals surface area (Å²) in [6.07, 6.45) is 0.501. The molecule has 0 bridgehead atoms. The van der Waals surface area contributed by atoms with Gasteiger partial charge in [-0.05, 0) is 47.4 Å². The van der Waals surface area contributed by atoms with Crippen LogP contribution in [0.3, 0.4) is 0 Å². The number of nitrogens with zero attached hydrogens (tertiary/aromatic N) is 4. The van der Waals surface area contributed by atoms with Gasteiger partial charge in [-0.15, -0.1) is 5.10 Å². The second-order valence-corrected chi connectivity index (χ2v) is 7.55. The predicted molar refractivity (Wildman–Crippen MR) is 105 cm³/mol. The largest absolute Gasteiger partial charge is 0.494 e.